The number of hydrogen-bond donors (Lipinski definition) is 1. The summed E-state index contributed by atoms with van der Waals surface area (Å²) < 4.78 is 2.08. The van der Waals surface area contributed by atoms with Gasteiger partial charge in [0.2, 0.25) is 5.95 Å². The highest BCUT2D eigenvalue weighted by Gasteiger charge is 2.17. The van der Waals surface area contributed by atoms with E-state index in [9.17, 15) is 0 Å². The number of rotatable bonds is 9. The monoisotopic (exact) mass is 249 g/mol. The lowest BCUT2D eigenvalue weighted by Crippen LogP contribution is -2.24. The third-order valence-electron chi connectivity index (χ3n) is 3.22. The average molecular weight is 249 g/mol. The molecule has 0 saturated carbocycles. The highest BCUT2D eigenvalue weighted by atomic mass is 15.2. The Morgan fingerprint density at radius 2 is 2.22 bits per heavy atom. The minimum Gasteiger partial charge on any atom is -0.355 e. The quantitative estimate of drug-likeness (QED) is 0.528. The zero-order valence-corrected chi connectivity index (χ0v) is 12.1. The molecule has 0 aliphatic carbocycles. The molecule has 0 atom stereocenters. The number of nitrogens with one attached hydrogen (secondary N) is 1. The summed E-state index contributed by atoms with van der Waals surface area (Å²) in [6.45, 7) is 12.4. The lowest BCUT2D eigenvalue weighted by atomic mass is 9.87. The van der Waals surface area contributed by atoms with Gasteiger partial charge >= 0.3 is 0 Å². The summed E-state index contributed by atoms with van der Waals surface area (Å²) >= 11 is 0. The molecule has 0 saturated heterocycles. The molecular weight excluding hydrogens is 222 g/mol. The molecule has 102 valence electrons. The van der Waals surface area contributed by atoms with Crippen molar-refractivity contribution in [2.24, 2.45) is 5.41 Å². The first kappa shape index (κ1) is 14.8. The summed E-state index contributed by atoms with van der Waals surface area (Å²) in [5.74, 6) is 0.943. The Morgan fingerprint density at radius 1 is 1.44 bits per heavy atom. The molecule has 0 radical (unpaired) electrons. The molecule has 0 aliphatic rings. The van der Waals surface area contributed by atoms with Crippen LogP contribution in [0.5, 0.6) is 0 Å². The van der Waals surface area contributed by atoms with Gasteiger partial charge in [-0.15, -0.1) is 6.58 Å². The number of aromatic nitrogens is 2. The van der Waals surface area contributed by atoms with Crippen LogP contribution in [0.2, 0.25) is 0 Å². The zero-order chi connectivity index (χ0) is 13.4. The van der Waals surface area contributed by atoms with Crippen LogP contribution in [0.1, 0.15) is 46.5 Å². The van der Waals surface area contributed by atoms with E-state index in [4.69, 9.17) is 0 Å². The molecule has 0 amide bonds. The van der Waals surface area contributed by atoms with Crippen LogP contribution >= 0.6 is 0 Å². The smallest absolute Gasteiger partial charge is 0.203 e. The van der Waals surface area contributed by atoms with Crippen molar-refractivity contribution < 1.29 is 0 Å². The van der Waals surface area contributed by atoms with E-state index in [1.807, 2.05) is 18.5 Å². The number of anilines is 1. The summed E-state index contributed by atoms with van der Waals surface area (Å²) in [7, 11) is 0. The second kappa shape index (κ2) is 7.24. The Morgan fingerprint density at radius 3 is 2.89 bits per heavy atom. The molecule has 1 N–H and O–H groups in total. The van der Waals surface area contributed by atoms with Crippen LogP contribution < -0.4 is 5.32 Å². The Bertz CT molecular complexity index is 352. The van der Waals surface area contributed by atoms with Crippen molar-refractivity contribution in [1.29, 1.82) is 0 Å². The number of hydrogen-bond acceptors (Lipinski definition) is 2. The van der Waals surface area contributed by atoms with Gasteiger partial charge in [0.15, 0.2) is 0 Å². The fourth-order valence-corrected chi connectivity index (χ4v) is 2.02. The number of imidazole rings is 1. The van der Waals surface area contributed by atoms with Gasteiger partial charge in [0.25, 0.3) is 0 Å². The number of nitrogens with zero attached hydrogens (tertiary/aromatic N) is 2. The molecule has 0 bridgehead atoms. The van der Waals surface area contributed by atoms with Crippen molar-refractivity contribution in [1.82, 2.24) is 9.55 Å². The van der Waals surface area contributed by atoms with Crippen molar-refractivity contribution in [2.45, 2.75) is 53.0 Å². The topological polar surface area (TPSA) is 29.9 Å². The van der Waals surface area contributed by atoms with Crippen LogP contribution in [-0.4, -0.2) is 16.1 Å². The third kappa shape index (κ3) is 4.94. The minimum absolute atomic E-state index is 0.320. The van der Waals surface area contributed by atoms with Gasteiger partial charge < -0.3 is 9.88 Å². The predicted molar refractivity (Wildman–Crippen MR) is 78.8 cm³/mol. The normalized spacial score (nSPS) is 11.5. The van der Waals surface area contributed by atoms with Crippen LogP contribution in [0.3, 0.4) is 0 Å². The lowest BCUT2D eigenvalue weighted by molar-refractivity contribution is 0.341. The van der Waals surface area contributed by atoms with Gasteiger partial charge in [-0.25, -0.2) is 4.98 Å². The van der Waals surface area contributed by atoms with Gasteiger partial charge in [0.05, 0.1) is 0 Å². The van der Waals surface area contributed by atoms with Crippen LogP contribution in [0.4, 0.5) is 5.95 Å². The first-order valence-corrected chi connectivity index (χ1v) is 6.95. The maximum atomic E-state index is 4.34. The van der Waals surface area contributed by atoms with Crippen molar-refractivity contribution in [3.63, 3.8) is 0 Å². The fraction of sp³-hybridized carbons (Fsp3) is 0.667. The molecule has 3 heteroatoms. The molecular formula is C15H27N3. The Kier molecular flexibility index (Phi) is 5.96. The molecule has 18 heavy (non-hydrogen) atoms. The van der Waals surface area contributed by atoms with E-state index in [1.54, 1.807) is 0 Å². The zero-order valence-electron chi connectivity index (χ0n) is 12.1. The molecule has 0 aromatic carbocycles. The molecule has 0 spiro atoms. The Balaban J connectivity index is 2.42. The molecule has 0 unspecified atom stereocenters. The Labute approximate surface area is 111 Å². The van der Waals surface area contributed by atoms with Gasteiger partial charge in [0, 0.05) is 25.5 Å². The average Bonchev–Trinajstić information content (AvgIpc) is 2.75. The van der Waals surface area contributed by atoms with E-state index in [-0.39, 0.29) is 0 Å². The highest BCUT2D eigenvalue weighted by molar-refractivity contribution is 5.26. The lowest BCUT2D eigenvalue weighted by Gasteiger charge is -2.25. The van der Waals surface area contributed by atoms with Gasteiger partial charge in [-0.05, 0) is 11.8 Å². The molecule has 1 aromatic rings. The second-order valence-corrected chi connectivity index (χ2v) is 5.67. The maximum absolute atomic E-state index is 4.34. The van der Waals surface area contributed by atoms with E-state index >= 15 is 0 Å². The predicted octanol–water partition coefficient (Wildman–Crippen LogP) is 4.09. The molecule has 0 aliphatic heterocycles. The summed E-state index contributed by atoms with van der Waals surface area (Å²) in [5, 5.41) is 3.45. The van der Waals surface area contributed by atoms with Gasteiger partial charge in [-0.1, -0.05) is 46.1 Å². The van der Waals surface area contributed by atoms with E-state index in [1.165, 1.54) is 25.7 Å². The van der Waals surface area contributed by atoms with Crippen LogP contribution in [0.25, 0.3) is 0 Å². The van der Waals surface area contributed by atoms with Crippen molar-refractivity contribution in [2.75, 3.05) is 11.9 Å². The largest absolute Gasteiger partial charge is 0.355 e. The third-order valence-corrected chi connectivity index (χ3v) is 3.22. The van der Waals surface area contributed by atoms with Crippen LogP contribution in [-0.2, 0) is 6.54 Å². The van der Waals surface area contributed by atoms with Gasteiger partial charge in [0.1, 0.15) is 0 Å². The maximum Gasteiger partial charge on any atom is 0.203 e. The first-order chi connectivity index (χ1) is 8.59. The molecule has 1 rings (SSSR count). The van der Waals surface area contributed by atoms with Crippen LogP contribution in [0, 0.1) is 5.41 Å². The van der Waals surface area contributed by atoms with E-state index in [0.29, 0.717) is 5.41 Å². The molecule has 0 fully saturated rings. The summed E-state index contributed by atoms with van der Waals surface area (Å²) in [5.41, 5.74) is 0.320. The summed E-state index contributed by atoms with van der Waals surface area (Å²) in [6.07, 6.45) is 10.9. The van der Waals surface area contributed by atoms with E-state index < -0.39 is 0 Å². The second-order valence-electron chi connectivity index (χ2n) is 5.67. The Hall–Kier alpha value is -1.25. The van der Waals surface area contributed by atoms with Gasteiger partial charge in [-0.2, -0.15) is 0 Å². The van der Waals surface area contributed by atoms with E-state index in [0.717, 1.165) is 19.0 Å². The highest BCUT2D eigenvalue weighted by Crippen LogP contribution is 2.24. The fourth-order valence-electron chi connectivity index (χ4n) is 2.02. The van der Waals surface area contributed by atoms with Gasteiger partial charge in [-0.3, -0.25) is 0 Å². The molecule has 1 heterocycles. The summed E-state index contributed by atoms with van der Waals surface area (Å²) in [6, 6.07) is 0. The van der Waals surface area contributed by atoms with Crippen molar-refractivity contribution in [3.05, 3.63) is 25.0 Å². The van der Waals surface area contributed by atoms with E-state index in [2.05, 4.69) is 42.2 Å². The van der Waals surface area contributed by atoms with Crippen molar-refractivity contribution >= 4 is 5.95 Å². The standard InChI is InChI=1S/C15H27N3/c1-5-7-8-9-15(3,4)13-17-14-16-10-12-18(14)11-6-2/h6,10,12H,2,5,7-9,11,13H2,1,3-4H3,(H,16,17). The minimum atomic E-state index is 0.320. The molecule has 1 aromatic heterocycles. The first-order valence-electron chi connectivity index (χ1n) is 6.95. The number of allylic oxidation sites excluding steroid dienone is 1. The summed E-state index contributed by atoms with van der Waals surface area (Å²) in [4.78, 5) is 4.34. The molecule has 3 nitrogen and oxygen atoms in total. The SMILES string of the molecule is C=CCn1ccnc1NCC(C)(C)CCCCC. The number of unbranched alkanes of at least 4 members (excludes halogenated alkanes) is 2. The van der Waals surface area contributed by atoms with Crippen molar-refractivity contribution in [3.8, 4) is 0 Å². The van der Waals surface area contributed by atoms with Crippen LogP contribution in [0.15, 0.2) is 25.0 Å².